The average Bonchev–Trinajstić information content (AvgIpc) is 3.53. The summed E-state index contributed by atoms with van der Waals surface area (Å²) < 4.78 is 3.90. The molecule has 4 heterocycles. The molecule has 0 fully saturated rings. The molecule has 10 rings (SSSR count). The lowest BCUT2D eigenvalue weighted by Crippen LogP contribution is -2.16. The van der Waals surface area contributed by atoms with Crippen molar-refractivity contribution in [2.24, 2.45) is 0 Å². The van der Waals surface area contributed by atoms with E-state index < -0.39 is 0 Å². The van der Waals surface area contributed by atoms with Crippen molar-refractivity contribution in [3.8, 4) is 28.3 Å². The molecule has 0 amide bonds. The zero-order chi connectivity index (χ0) is 35.6. The predicted molar refractivity (Wildman–Crippen MR) is 220 cm³/mol. The zero-order valence-electron chi connectivity index (χ0n) is 28.9. The molecule has 4 aromatic heterocycles. The Kier molecular flexibility index (Phi) is 6.91. The fraction of sp³-hybridized carbons (Fsp3) is 0.0213. The average molecular weight is 682 g/mol. The number of fused-ring (bicyclic) bond motifs is 9. The van der Waals surface area contributed by atoms with Crippen LogP contribution in [0.4, 0.5) is 0 Å². The van der Waals surface area contributed by atoms with Gasteiger partial charge in [-0.15, -0.1) is 0 Å². The normalized spacial score (nSPS) is 11.9. The highest BCUT2D eigenvalue weighted by atomic mass is 16.1. The first-order valence-corrected chi connectivity index (χ1v) is 17.7. The maximum Gasteiger partial charge on any atom is 0.266 e. The third-order valence-corrected chi connectivity index (χ3v) is 10.2. The van der Waals surface area contributed by atoms with Gasteiger partial charge in [0.1, 0.15) is 5.65 Å². The van der Waals surface area contributed by atoms with Crippen LogP contribution in [0.25, 0.3) is 101 Å². The van der Waals surface area contributed by atoms with E-state index in [1.165, 1.54) is 0 Å². The minimum absolute atomic E-state index is 0.0738. The molecule has 0 aliphatic carbocycles. The van der Waals surface area contributed by atoms with Crippen molar-refractivity contribution >= 4 is 72.2 Å². The van der Waals surface area contributed by atoms with Gasteiger partial charge in [-0.1, -0.05) is 116 Å². The van der Waals surface area contributed by atoms with Crippen LogP contribution in [0.5, 0.6) is 0 Å². The molecule has 6 nitrogen and oxygen atoms in total. The van der Waals surface area contributed by atoms with Crippen molar-refractivity contribution in [1.82, 2.24) is 23.9 Å². The Morgan fingerprint density at radius 3 is 1.92 bits per heavy atom. The molecular formula is C47H31N5O. The Balaban J connectivity index is 1.21. The zero-order valence-corrected chi connectivity index (χ0v) is 28.9. The summed E-state index contributed by atoms with van der Waals surface area (Å²) in [5, 5.41) is 5.60. The molecule has 0 saturated heterocycles. The van der Waals surface area contributed by atoms with Gasteiger partial charge < -0.3 is 0 Å². The van der Waals surface area contributed by atoms with Crippen LogP contribution in [0, 0.1) is 0 Å². The number of aromatic nitrogens is 5. The van der Waals surface area contributed by atoms with Crippen LogP contribution >= 0.6 is 0 Å². The summed E-state index contributed by atoms with van der Waals surface area (Å²) in [6, 6.07) is 47.0. The Hall–Kier alpha value is -7.18. The summed E-state index contributed by atoms with van der Waals surface area (Å²) in [6.45, 7) is 6.27. The fourth-order valence-corrected chi connectivity index (χ4v) is 7.82. The van der Waals surface area contributed by atoms with Gasteiger partial charge in [0.05, 0.1) is 38.8 Å². The van der Waals surface area contributed by atoms with Gasteiger partial charge in [-0.2, -0.15) is 0 Å². The van der Waals surface area contributed by atoms with E-state index in [0.29, 0.717) is 22.5 Å². The van der Waals surface area contributed by atoms with Gasteiger partial charge in [0.15, 0.2) is 0 Å². The highest BCUT2D eigenvalue weighted by Gasteiger charge is 2.20. The molecule has 10 aromatic rings. The van der Waals surface area contributed by atoms with Crippen LogP contribution in [0.3, 0.4) is 0 Å². The summed E-state index contributed by atoms with van der Waals surface area (Å²) in [5.74, 6) is 0.595. The van der Waals surface area contributed by atoms with Gasteiger partial charge >= 0.3 is 0 Å². The monoisotopic (exact) mass is 681 g/mol. The molecular weight excluding hydrogens is 651 g/mol. The van der Waals surface area contributed by atoms with Crippen LogP contribution in [-0.4, -0.2) is 23.9 Å². The minimum atomic E-state index is -0.0738. The quantitative estimate of drug-likeness (QED) is 0.134. The smallest absolute Gasteiger partial charge is 0.266 e. The summed E-state index contributed by atoms with van der Waals surface area (Å²) >= 11 is 0. The fourth-order valence-electron chi connectivity index (χ4n) is 7.82. The van der Waals surface area contributed by atoms with Gasteiger partial charge in [0, 0.05) is 32.7 Å². The molecule has 0 N–H and O–H groups in total. The maximum atomic E-state index is 14.0. The second-order valence-electron chi connectivity index (χ2n) is 13.2. The van der Waals surface area contributed by atoms with Crippen molar-refractivity contribution in [3.63, 3.8) is 0 Å². The molecule has 0 aliphatic rings. The van der Waals surface area contributed by atoms with Crippen LogP contribution in [0.1, 0.15) is 18.2 Å². The molecule has 0 saturated carbocycles. The Labute approximate surface area is 304 Å². The molecule has 6 aromatic carbocycles. The second kappa shape index (κ2) is 12.0. The van der Waals surface area contributed by atoms with Crippen molar-refractivity contribution in [1.29, 1.82) is 0 Å². The van der Waals surface area contributed by atoms with E-state index in [2.05, 4.69) is 71.8 Å². The molecule has 0 spiro atoms. The number of allylic oxidation sites excluding steroid dienone is 1. The number of para-hydroxylation sites is 2. The standard InChI is InChI=1S/C47H31N5O/c1-3-14-41-32(4-2)37-27-30(23-25-42(37)51(41)47-49-39-21-12-10-19-35(39)44(50-47)29-15-6-5-7-16-29)31-24-26-43-38(28-31)33-17-8-9-18-34(33)45-48-40-22-13-11-20-36(40)46(53)52(43)45/h3-28H,2H2,1H3/b14-3-. The van der Waals surface area contributed by atoms with Crippen molar-refractivity contribution in [2.45, 2.75) is 6.92 Å². The molecule has 0 unspecified atom stereocenters. The lowest BCUT2D eigenvalue weighted by atomic mass is 9.98. The molecule has 0 atom stereocenters. The topological polar surface area (TPSA) is 65.1 Å². The van der Waals surface area contributed by atoms with Crippen LogP contribution in [0.15, 0.2) is 157 Å². The summed E-state index contributed by atoms with van der Waals surface area (Å²) in [6.07, 6.45) is 6.05. The van der Waals surface area contributed by atoms with E-state index in [1.54, 1.807) is 4.40 Å². The van der Waals surface area contributed by atoms with Crippen molar-refractivity contribution < 1.29 is 0 Å². The third kappa shape index (κ3) is 4.66. The van der Waals surface area contributed by atoms with E-state index >= 15 is 0 Å². The lowest BCUT2D eigenvalue weighted by Gasteiger charge is -2.14. The van der Waals surface area contributed by atoms with E-state index in [0.717, 1.165) is 77.1 Å². The van der Waals surface area contributed by atoms with E-state index in [-0.39, 0.29) is 5.56 Å². The van der Waals surface area contributed by atoms with E-state index in [1.807, 2.05) is 104 Å². The van der Waals surface area contributed by atoms with Crippen molar-refractivity contribution in [2.75, 3.05) is 0 Å². The molecule has 0 aliphatic heterocycles. The van der Waals surface area contributed by atoms with Gasteiger partial charge in [0.25, 0.3) is 5.56 Å². The van der Waals surface area contributed by atoms with Gasteiger partial charge in [-0.05, 0) is 72.0 Å². The highest BCUT2D eigenvalue weighted by molar-refractivity contribution is 6.13. The van der Waals surface area contributed by atoms with Crippen molar-refractivity contribution in [3.05, 3.63) is 174 Å². The van der Waals surface area contributed by atoms with Gasteiger partial charge in [0.2, 0.25) is 5.95 Å². The molecule has 250 valence electrons. The number of hydrogen-bond donors (Lipinski definition) is 0. The number of benzene rings is 6. The Bertz CT molecular complexity index is 3230. The lowest BCUT2D eigenvalue weighted by molar-refractivity contribution is 0.972. The first kappa shape index (κ1) is 30.6. The maximum absolute atomic E-state index is 14.0. The first-order valence-electron chi connectivity index (χ1n) is 17.7. The van der Waals surface area contributed by atoms with Crippen LogP contribution in [-0.2, 0) is 0 Å². The SMILES string of the molecule is C=Cc1c(/C=C\C)n(-c2nc(-c3ccccc3)c3ccccc3n2)c2ccc(-c3ccc4c(c3)c3ccccc3c3nc5ccccc5c(=O)n43)cc12. The minimum Gasteiger partial charge on any atom is -0.278 e. The molecule has 0 radical (unpaired) electrons. The molecule has 53 heavy (non-hydrogen) atoms. The van der Waals surface area contributed by atoms with Crippen LogP contribution in [0.2, 0.25) is 0 Å². The van der Waals surface area contributed by atoms with E-state index in [9.17, 15) is 4.79 Å². The first-order chi connectivity index (χ1) is 26.1. The predicted octanol–water partition coefficient (Wildman–Crippen LogP) is 11.1. The summed E-state index contributed by atoms with van der Waals surface area (Å²) in [5.41, 5.74) is 9.91. The largest absolute Gasteiger partial charge is 0.278 e. The number of hydrogen-bond acceptors (Lipinski definition) is 4. The van der Waals surface area contributed by atoms with Gasteiger partial charge in [-0.3, -0.25) is 13.8 Å². The number of nitrogens with zero attached hydrogens (tertiary/aromatic N) is 5. The number of pyridine rings is 1. The third-order valence-electron chi connectivity index (χ3n) is 10.2. The Morgan fingerprint density at radius 1 is 0.566 bits per heavy atom. The molecule has 6 heteroatoms. The second-order valence-corrected chi connectivity index (χ2v) is 13.2. The summed E-state index contributed by atoms with van der Waals surface area (Å²) in [4.78, 5) is 29.3. The highest BCUT2D eigenvalue weighted by Crippen LogP contribution is 2.37. The molecule has 0 bridgehead atoms. The van der Waals surface area contributed by atoms with Crippen LogP contribution < -0.4 is 5.56 Å². The van der Waals surface area contributed by atoms with Gasteiger partial charge in [-0.25, -0.2) is 15.0 Å². The summed E-state index contributed by atoms with van der Waals surface area (Å²) in [7, 11) is 0. The van der Waals surface area contributed by atoms with E-state index in [4.69, 9.17) is 15.0 Å². The Morgan fingerprint density at radius 2 is 1.19 bits per heavy atom. The number of rotatable bonds is 5.